The number of halogens is 1. The molecule has 0 bridgehead atoms. The number of nitrogens with one attached hydrogen (secondary N) is 1. The second kappa shape index (κ2) is 8.07. The Balaban J connectivity index is 3.34. The molecule has 0 aliphatic rings. The minimum Gasteiger partial charge on any atom is -0.379 e. The largest absolute Gasteiger partial charge is 0.379 e. The Morgan fingerprint density at radius 2 is 2.00 bits per heavy atom. The summed E-state index contributed by atoms with van der Waals surface area (Å²) in [5, 5.41) is 3.52. The maximum Gasteiger partial charge on any atom is 0.246 e. The van der Waals surface area contributed by atoms with E-state index < -0.39 is 0 Å². The molecule has 0 aromatic carbocycles. The van der Waals surface area contributed by atoms with Gasteiger partial charge < -0.3 is 14.8 Å². The van der Waals surface area contributed by atoms with Gasteiger partial charge in [0.15, 0.2) is 0 Å². The lowest BCUT2D eigenvalue weighted by Gasteiger charge is -2.18. The Morgan fingerprint density at radius 1 is 1.33 bits per heavy atom. The first-order chi connectivity index (χ1) is 6.95. The van der Waals surface area contributed by atoms with Crippen molar-refractivity contribution in [3.63, 3.8) is 0 Å². The number of ether oxygens (including phenoxy) is 2. The van der Waals surface area contributed by atoms with Crippen LogP contribution in [-0.4, -0.2) is 43.2 Å². The molecule has 0 spiro atoms. The summed E-state index contributed by atoms with van der Waals surface area (Å²) in [6, 6.07) is 0. The van der Waals surface area contributed by atoms with Crippen LogP contribution in [0.5, 0.6) is 0 Å². The SMILES string of the molecule is CC(C)(C)OCC(=O)NCCOCCBr. The third kappa shape index (κ3) is 11.8. The van der Waals surface area contributed by atoms with Gasteiger partial charge in [0, 0.05) is 11.9 Å². The molecule has 0 aromatic heterocycles. The van der Waals surface area contributed by atoms with Crippen molar-refractivity contribution in [1.29, 1.82) is 0 Å². The summed E-state index contributed by atoms with van der Waals surface area (Å²) in [6.45, 7) is 7.57. The van der Waals surface area contributed by atoms with Crippen molar-refractivity contribution < 1.29 is 14.3 Å². The molecule has 0 aliphatic heterocycles. The van der Waals surface area contributed by atoms with Crippen molar-refractivity contribution in [1.82, 2.24) is 5.32 Å². The molecule has 0 radical (unpaired) electrons. The van der Waals surface area contributed by atoms with E-state index in [-0.39, 0.29) is 18.1 Å². The third-order valence-electron chi connectivity index (χ3n) is 1.43. The van der Waals surface area contributed by atoms with Gasteiger partial charge in [-0.25, -0.2) is 0 Å². The van der Waals surface area contributed by atoms with E-state index in [1.807, 2.05) is 20.8 Å². The highest BCUT2D eigenvalue weighted by Gasteiger charge is 2.12. The average Bonchev–Trinajstić information content (AvgIpc) is 2.13. The molecular formula is C10H20BrNO3. The van der Waals surface area contributed by atoms with Crippen LogP contribution in [0.3, 0.4) is 0 Å². The van der Waals surface area contributed by atoms with Gasteiger partial charge in [-0.3, -0.25) is 4.79 Å². The van der Waals surface area contributed by atoms with Gasteiger partial charge in [-0.05, 0) is 20.8 Å². The highest BCUT2D eigenvalue weighted by Crippen LogP contribution is 2.05. The van der Waals surface area contributed by atoms with E-state index in [1.54, 1.807) is 0 Å². The third-order valence-corrected chi connectivity index (χ3v) is 1.75. The Bertz CT molecular complexity index is 180. The van der Waals surface area contributed by atoms with E-state index >= 15 is 0 Å². The Kier molecular flexibility index (Phi) is 8.00. The maximum atomic E-state index is 11.2. The molecule has 4 nitrogen and oxygen atoms in total. The van der Waals surface area contributed by atoms with Gasteiger partial charge in [-0.2, -0.15) is 0 Å². The molecule has 0 fully saturated rings. The number of carbonyl (C=O) groups excluding carboxylic acids is 1. The van der Waals surface area contributed by atoms with E-state index in [9.17, 15) is 4.79 Å². The molecule has 0 heterocycles. The highest BCUT2D eigenvalue weighted by atomic mass is 79.9. The molecule has 0 saturated carbocycles. The minimum atomic E-state index is -0.274. The molecule has 15 heavy (non-hydrogen) atoms. The molecule has 5 heteroatoms. The summed E-state index contributed by atoms with van der Waals surface area (Å²) in [6.07, 6.45) is 0. The van der Waals surface area contributed by atoms with Gasteiger partial charge in [0.05, 0.1) is 18.8 Å². The lowest BCUT2D eigenvalue weighted by molar-refractivity contribution is -0.130. The summed E-state index contributed by atoms with van der Waals surface area (Å²) in [5.74, 6) is -0.104. The van der Waals surface area contributed by atoms with Crippen molar-refractivity contribution in [3.8, 4) is 0 Å². The summed E-state index contributed by atoms with van der Waals surface area (Å²) in [5.41, 5.74) is -0.274. The fourth-order valence-electron chi connectivity index (χ4n) is 0.752. The van der Waals surface area contributed by atoms with Gasteiger partial charge in [0.2, 0.25) is 5.91 Å². The number of hydrogen-bond donors (Lipinski definition) is 1. The first-order valence-corrected chi connectivity index (χ1v) is 6.12. The second-order valence-electron chi connectivity index (χ2n) is 4.05. The molecule has 1 N–H and O–H groups in total. The monoisotopic (exact) mass is 281 g/mol. The molecule has 0 aromatic rings. The predicted octanol–water partition coefficient (Wildman–Crippen LogP) is 1.33. The normalized spacial score (nSPS) is 11.5. The maximum absolute atomic E-state index is 11.2. The van der Waals surface area contributed by atoms with E-state index in [2.05, 4.69) is 21.2 Å². The van der Waals surface area contributed by atoms with E-state index in [0.29, 0.717) is 19.8 Å². The zero-order valence-corrected chi connectivity index (χ0v) is 11.2. The Labute approximate surface area is 99.8 Å². The van der Waals surface area contributed by atoms with Gasteiger partial charge in [0.25, 0.3) is 0 Å². The van der Waals surface area contributed by atoms with Gasteiger partial charge in [-0.1, -0.05) is 15.9 Å². The van der Waals surface area contributed by atoms with Crippen LogP contribution in [0.2, 0.25) is 0 Å². The molecule has 0 saturated heterocycles. The van der Waals surface area contributed by atoms with Crippen LogP contribution in [0.4, 0.5) is 0 Å². The van der Waals surface area contributed by atoms with Crippen LogP contribution in [0.15, 0.2) is 0 Å². The zero-order valence-electron chi connectivity index (χ0n) is 9.64. The van der Waals surface area contributed by atoms with Crippen LogP contribution in [-0.2, 0) is 14.3 Å². The van der Waals surface area contributed by atoms with Crippen molar-refractivity contribution in [2.75, 3.05) is 31.7 Å². The molecule has 0 unspecified atom stereocenters. The van der Waals surface area contributed by atoms with Gasteiger partial charge >= 0.3 is 0 Å². The van der Waals surface area contributed by atoms with Crippen molar-refractivity contribution >= 4 is 21.8 Å². The van der Waals surface area contributed by atoms with Gasteiger partial charge in [-0.15, -0.1) is 0 Å². The number of amides is 1. The summed E-state index contributed by atoms with van der Waals surface area (Å²) in [7, 11) is 0. The molecule has 0 atom stereocenters. The Hall–Kier alpha value is -0.130. The Morgan fingerprint density at radius 3 is 2.53 bits per heavy atom. The minimum absolute atomic E-state index is 0.0992. The number of hydrogen-bond acceptors (Lipinski definition) is 3. The fourth-order valence-corrected chi connectivity index (χ4v) is 0.981. The topological polar surface area (TPSA) is 47.6 Å². The molecule has 0 rings (SSSR count). The zero-order chi connectivity index (χ0) is 11.7. The van der Waals surface area contributed by atoms with Crippen molar-refractivity contribution in [2.45, 2.75) is 26.4 Å². The molecular weight excluding hydrogens is 262 g/mol. The standard InChI is InChI=1S/C10H20BrNO3/c1-10(2,3)15-8-9(13)12-5-7-14-6-4-11/h4-8H2,1-3H3,(H,12,13). The first kappa shape index (κ1) is 14.9. The van der Waals surface area contributed by atoms with Crippen LogP contribution < -0.4 is 5.32 Å². The van der Waals surface area contributed by atoms with Crippen molar-refractivity contribution in [3.05, 3.63) is 0 Å². The lowest BCUT2D eigenvalue weighted by Crippen LogP contribution is -2.34. The van der Waals surface area contributed by atoms with E-state index in [1.165, 1.54) is 0 Å². The number of carbonyl (C=O) groups is 1. The van der Waals surface area contributed by atoms with E-state index in [0.717, 1.165) is 5.33 Å². The molecule has 0 aliphatic carbocycles. The van der Waals surface area contributed by atoms with E-state index in [4.69, 9.17) is 9.47 Å². The first-order valence-electron chi connectivity index (χ1n) is 5.00. The van der Waals surface area contributed by atoms with Gasteiger partial charge in [0.1, 0.15) is 6.61 Å². The predicted molar refractivity (Wildman–Crippen MR) is 63.3 cm³/mol. The lowest BCUT2D eigenvalue weighted by atomic mass is 10.2. The van der Waals surface area contributed by atoms with Crippen LogP contribution >= 0.6 is 15.9 Å². The summed E-state index contributed by atoms with van der Waals surface area (Å²) in [4.78, 5) is 11.2. The summed E-state index contributed by atoms with van der Waals surface area (Å²) < 4.78 is 10.5. The average molecular weight is 282 g/mol. The second-order valence-corrected chi connectivity index (χ2v) is 4.85. The highest BCUT2D eigenvalue weighted by molar-refractivity contribution is 9.09. The number of alkyl halides is 1. The van der Waals surface area contributed by atoms with Crippen molar-refractivity contribution in [2.24, 2.45) is 0 Å². The summed E-state index contributed by atoms with van der Waals surface area (Å²) >= 11 is 3.24. The van der Waals surface area contributed by atoms with Crippen LogP contribution in [0, 0.1) is 0 Å². The smallest absolute Gasteiger partial charge is 0.246 e. The number of rotatable bonds is 7. The molecule has 90 valence electrons. The van der Waals surface area contributed by atoms with Crippen LogP contribution in [0.1, 0.15) is 20.8 Å². The molecule has 1 amide bonds. The quantitative estimate of drug-likeness (QED) is 0.566. The van der Waals surface area contributed by atoms with Crippen LogP contribution in [0.25, 0.3) is 0 Å². The fraction of sp³-hybridized carbons (Fsp3) is 0.900.